The van der Waals surface area contributed by atoms with Crippen LogP contribution in [0.3, 0.4) is 0 Å². The number of rotatable bonds is 1. The Kier molecular flexibility index (Phi) is 2.28. The minimum Gasteiger partial charge on any atom is -0.490 e. The lowest BCUT2D eigenvalue weighted by molar-refractivity contribution is 0.193. The summed E-state index contributed by atoms with van der Waals surface area (Å²) >= 11 is 0. The molecule has 2 N–H and O–H groups in total. The Morgan fingerprint density at radius 3 is 3.00 bits per heavy atom. The van der Waals surface area contributed by atoms with Crippen LogP contribution in [0.1, 0.15) is 18.9 Å². The summed E-state index contributed by atoms with van der Waals surface area (Å²) in [6.07, 6.45) is 3.95. The van der Waals surface area contributed by atoms with Crippen molar-refractivity contribution in [3.63, 3.8) is 0 Å². The molecule has 0 aliphatic carbocycles. The molecule has 1 aliphatic rings. The minimum absolute atomic E-state index is 0.276. The van der Waals surface area contributed by atoms with Gasteiger partial charge in [-0.3, -0.25) is 0 Å². The van der Waals surface area contributed by atoms with Gasteiger partial charge in [-0.05, 0) is 31.4 Å². The Morgan fingerprint density at radius 1 is 1.35 bits per heavy atom. The van der Waals surface area contributed by atoms with E-state index in [4.69, 9.17) is 15.0 Å². The summed E-state index contributed by atoms with van der Waals surface area (Å²) in [7, 11) is 0. The third-order valence-electron chi connectivity index (χ3n) is 3.15. The summed E-state index contributed by atoms with van der Waals surface area (Å²) in [5.74, 6) is 1.30. The molecule has 0 saturated carbocycles. The van der Waals surface area contributed by atoms with Crippen molar-refractivity contribution >= 4 is 5.88 Å². The summed E-state index contributed by atoms with van der Waals surface area (Å²) in [5, 5.41) is 3.72. The second-order valence-corrected chi connectivity index (χ2v) is 4.35. The summed E-state index contributed by atoms with van der Waals surface area (Å²) in [5.41, 5.74) is 8.87. The Labute approximate surface area is 99.4 Å². The van der Waals surface area contributed by atoms with Gasteiger partial charge in [0.1, 0.15) is 5.75 Å². The molecule has 4 nitrogen and oxygen atoms in total. The van der Waals surface area contributed by atoms with Gasteiger partial charge in [0, 0.05) is 5.56 Å². The number of ether oxygens (including phenoxy) is 1. The normalized spacial score (nSPS) is 18.5. The highest BCUT2D eigenvalue weighted by atomic mass is 16.5. The van der Waals surface area contributed by atoms with Crippen molar-refractivity contribution in [3.05, 3.63) is 30.0 Å². The van der Waals surface area contributed by atoms with Crippen LogP contribution >= 0.6 is 0 Å². The molecule has 0 spiro atoms. The van der Waals surface area contributed by atoms with E-state index in [1.807, 2.05) is 18.2 Å². The van der Waals surface area contributed by atoms with Gasteiger partial charge in [0.15, 0.2) is 0 Å². The molecule has 1 aromatic carbocycles. The molecular weight excluding hydrogens is 216 g/mol. The van der Waals surface area contributed by atoms with Gasteiger partial charge < -0.3 is 15.0 Å². The van der Waals surface area contributed by atoms with E-state index >= 15 is 0 Å². The topological polar surface area (TPSA) is 61.3 Å². The Hall–Kier alpha value is -1.97. The fourth-order valence-electron chi connectivity index (χ4n) is 2.26. The van der Waals surface area contributed by atoms with Gasteiger partial charge in [0.05, 0.1) is 17.9 Å². The largest absolute Gasteiger partial charge is 0.490 e. The molecule has 0 radical (unpaired) electrons. The van der Waals surface area contributed by atoms with Crippen LogP contribution in [0.25, 0.3) is 11.1 Å². The van der Waals surface area contributed by atoms with Gasteiger partial charge in [0.2, 0.25) is 5.88 Å². The van der Waals surface area contributed by atoms with Crippen LogP contribution in [0, 0.1) is 0 Å². The number of nitrogens with two attached hydrogens (primary N) is 1. The second kappa shape index (κ2) is 3.80. The highest BCUT2D eigenvalue weighted by Gasteiger charge is 2.21. The fraction of sp³-hybridized carbons (Fsp3) is 0.308. The maximum absolute atomic E-state index is 5.82. The first-order valence-electron chi connectivity index (χ1n) is 5.75. The van der Waals surface area contributed by atoms with Crippen LogP contribution in [0.15, 0.2) is 28.9 Å². The van der Waals surface area contributed by atoms with Gasteiger partial charge in [-0.15, -0.1) is 0 Å². The van der Waals surface area contributed by atoms with Gasteiger partial charge in [-0.25, -0.2) is 0 Å². The van der Waals surface area contributed by atoms with E-state index in [-0.39, 0.29) is 6.10 Å². The first kappa shape index (κ1) is 10.2. The zero-order valence-corrected chi connectivity index (χ0v) is 9.64. The predicted molar refractivity (Wildman–Crippen MR) is 64.8 cm³/mol. The Bertz CT molecular complexity index is 548. The average molecular weight is 230 g/mol. The molecule has 0 bridgehead atoms. The van der Waals surface area contributed by atoms with E-state index in [1.165, 1.54) is 5.56 Å². The van der Waals surface area contributed by atoms with E-state index in [9.17, 15) is 0 Å². The number of nitrogens with zero attached hydrogens (tertiary/aromatic N) is 1. The molecule has 1 atom stereocenters. The second-order valence-electron chi connectivity index (χ2n) is 4.35. The van der Waals surface area contributed by atoms with Crippen LogP contribution < -0.4 is 10.5 Å². The molecule has 1 unspecified atom stereocenters. The molecule has 1 aliphatic heterocycles. The smallest absolute Gasteiger partial charge is 0.229 e. The minimum atomic E-state index is 0.276. The van der Waals surface area contributed by atoms with Crippen LogP contribution in [-0.2, 0) is 6.42 Å². The van der Waals surface area contributed by atoms with Crippen molar-refractivity contribution in [1.29, 1.82) is 0 Å². The zero-order valence-electron chi connectivity index (χ0n) is 9.64. The standard InChI is InChI=1S/C13H14N2O2/c1-8-5-6-10-9(3-2-4-12(10)16-8)11-7-15-17-13(11)14/h2-4,7-8H,5-6,14H2,1H3. The molecule has 2 aromatic rings. The molecule has 0 saturated heterocycles. The average Bonchev–Trinajstić information content (AvgIpc) is 2.74. The number of anilines is 1. The Morgan fingerprint density at radius 2 is 2.24 bits per heavy atom. The van der Waals surface area contributed by atoms with Crippen LogP contribution in [0.2, 0.25) is 0 Å². The molecule has 88 valence electrons. The molecule has 0 amide bonds. The quantitative estimate of drug-likeness (QED) is 0.818. The van der Waals surface area contributed by atoms with Gasteiger partial charge in [0.25, 0.3) is 0 Å². The summed E-state index contributed by atoms with van der Waals surface area (Å²) in [6.45, 7) is 2.09. The maximum atomic E-state index is 5.82. The van der Waals surface area contributed by atoms with E-state index < -0.39 is 0 Å². The van der Waals surface area contributed by atoms with E-state index in [2.05, 4.69) is 12.1 Å². The SMILES string of the molecule is CC1CCc2c(cccc2-c2cnoc2N)O1. The molecule has 0 fully saturated rings. The number of aromatic nitrogens is 1. The monoisotopic (exact) mass is 230 g/mol. The predicted octanol–water partition coefficient (Wildman–Crippen LogP) is 2.64. The van der Waals surface area contributed by atoms with Gasteiger partial charge in [-0.2, -0.15) is 0 Å². The van der Waals surface area contributed by atoms with E-state index in [1.54, 1.807) is 6.20 Å². The first-order valence-corrected chi connectivity index (χ1v) is 5.75. The maximum Gasteiger partial charge on any atom is 0.229 e. The molecule has 2 heterocycles. The van der Waals surface area contributed by atoms with Crippen molar-refractivity contribution in [1.82, 2.24) is 5.16 Å². The van der Waals surface area contributed by atoms with Crippen molar-refractivity contribution in [2.45, 2.75) is 25.9 Å². The first-order chi connectivity index (χ1) is 8.25. The highest BCUT2D eigenvalue weighted by molar-refractivity contribution is 5.76. The molecule has 4 heteroatoms. The van der Waals surface area contributed by atoms with Crippen molar-refractivity contribution in [2.75, 3.05) is 5.73 Å². The van der Waals surface area contributed by atoms with Crippen molar-refractivity contribution < 1.29 is 9.26 Å². The fourth-order valence-corrected chi connectivity index (χ4v) is 2.26. The molecule has 1 aromatic heterocycles. The lowest BCUT2D eigenvalue weighted by atomic mass is 9.94. The molecule has 17 heavy (non-hydrogen) atoms. The zero-order chi connectivity index (χ0) is 11.8. The number of nitrogen functional groups attached to an aromatic ring is 1. The summed E-state index contributed by atoms with van der Waals surface area (Å²) in [4.78, 5) is 0. The van der Waals surface area contributed by atoms with E-state index in [0.717, 1.165) is 29.7 Å². The summed E-state index contributed by atoms with van der Waals surface area (Å²) in [6, 6.07) is 6.00. The van der Waals surface area contributed by atoms with Crippen LogP contribution in [0.5, 0.6) is 5.75 Å². The number of benzene rings is 1. The Balaban J connectivity index is 2.13. The van der Waals surface area contributed by atoms with Crippen molar-refractivity contribution in [3.8, 4) is 16.9 Å². The van der Waals surface area contributed by atoms with Crippen molar-refractivity contribution in [2.24, 2.45) is 0 Å². The molecule has 3 rings (SSSR count). The summed E-state index contributed by atoms with van der Waals surface area (Å²) < 4.78 is 10.7. The van der Waals surface area contributed by atoms with Crippen LogP contribution in [0.4, 0.5) is 5.88 Å². The highest BCUT2D eigenvalue weighted by Crippen LogP contribution is 2.37. The number of hydrogen-bond donors (Lipinski definition) is 1. The number of fused-ring (bicyclic) bond motifs is 1. The molecular formula is C13H14N2O2. The van der Waals surface area contributed by atoms with Gasteiger partial charge >= 0.3 is 0 Å². The van der Waals surface area contributed by atoms with Crippen LogP contribution in [-0.4, -0.2) is 11.3 Å². The lowest BCUT2D eigenvalue weighted by Gasteiger charge is -2.24. The van der Waals surface area contributed by atoms with Gasteiger partial charge in [-0.1, -0.05) is 17.3 Å². The third-order valence-corrected chi connectivity index (χ3v) is 3.15. The third kappa shape index (κ3) is 1.65. The lowest BCUT2D eigenvalue weighted by Crippen LogP contribution is -2.19. The van der Waals surface area contributed by atoms with E-state index in [0.29, 0.717) is 5.88 Å². The number of hydrogen-bond acceptors (Lipinski definition) is 4.